The number of rotatable bonds is 4. The molecule has 1 heterocycles. The molecule has 1 amide bonds. The maximum absolute atomic E-state index is 11.9. The number of amides is 1. The zero-order valence-electron chi connectivity index (χ0n) is 11.7. The average molecular weight is 329 g/mol. The summed E-state index contributed by atoms with van der Waals surface area (Å²) in [6.45, 7) is 4.57. The van der Waals surface area contributed by atoms with E-state index in [1.807, 2.05) is 32.0 Å². The van der Waals surface area contributed by atoms with Gasteiger partial charge in [0.1, 0.15) is 0 Å². The van der Waals surface area contributed by atoms with Gasteiger partial charge in [0.05, 0.1) is 10.2 Å². The first-order chi connectivity index (χ1) is 9.52. The largest absolute Gasteiger partial charge is 0.316 e. The summed E-state index contributed by atoms with van der Waals surface area (Å²) >= 11 is 9.33. The van der Waals surface area contributed by atoms with E-state index >= 15 is 0 Å². The minimum Gasteiger partial charge on any atom is -0.316 e. The predicted octanol–water partition coefficient (Wildman–Crippen LogP) is 3.80. The molecule has 0 bridgehead atoms. The Hall–Kier alpha value is -0.780. The molecular formula is C14H17ClN2OS2. The van der Waals surface area contributed by atoms with Crippen molar-refractivity contribution < 1.29 is 4.79 Å². The summed E-state index contributed by atoms with van der Waals surface area (Å²) < 4.78 is 3.17. The van der Waals surface area contributed by atoms with Crippen LogP contribution < -0.4 is 4.80 Å². The second kappa shape index (κ2) is 6.78. The van der Waals surface area contributed by atoms with Gasteiger partial charge in [0.2, 0.25) is 0 Å². The van der Waals surface area contributed by atoms with Gasteiger partial charge in [0.15, 0.2) is 4.80 Å². The smallest absolute Gasteiger partial charge is 0.250 e. The van der Waals surface area contributed by atoms with Crippen molar-refractivity contribution in [1.29, 1.82) is 0 Å². The number of aryl methyl sites for hydroxylation is 1. The molecule has 0 fully saturated rings. The highest BCUT2D eigenvalue weighted by molar-refractivity contribution is 7.98. The second-order valence-electron chi connectivity index (χ2n) is 4.75. The Kier molecular flexibility index (Phi) is 5.29. The van der Waals surface area contributed by atoms with Crippen molar-refractivity contribution in [1.82, 2.24) is 4.57 Å². The number of nitrogens with zero attached hydrogens (tertiary/aromatic N) is 2. The van der Waals surface area contributed by atoms with Gasteiger partial charge in [-0.25, -0.2) is 0 Å². The third kappa shape index (κ3) is 3.45. The van der Waals surface area contributed by atoms with E-state index in [0.717, 1.165) is 27.3 Å². The van der Waals surface area contributed by atoms with Crippen LogP contribution in [0.4, 0.5) is 0 Å². The van der Waals surface area contributed by atoms with Gasteiger partial charge in [-0.05, 0) is 24.5 Å². The Balaban J connectivity index is 2.59. The maximum atomic E-state index is 11.9. The second-order valence-corrected chi connectivity index (χ2v) is 7.18. The molecule has 108 valence electrons. The molecule has 20 heavy (non-hydrogen) atoms. The van der Waals surface area contributed by atoms with Crippen molar-refractivity contribution in [3.8, 4) is 0 Å². The first-order valence-electron chi connectivity index (χ1n) is 6.39. The normalized spacial score (nSPS) is 12.6. The van der Waals surface area contributed by atoms with Crippen LogP contribution in [0.3, 0.4) is 0 Å². The highest BCUT2D eigenvalue weighted by Crippen LogP contribution is 2.22. The number of benzene rings is 1. The fourth-order valence-corrected chi connectivity index (χ4v) is 3.46. The molecule has 2 aromatic rings. The van der Waals surface area contributed by atoms with E-state index < -0.39 is 0 Å². The molecule has 2 rings (SSSR count). The summed E-state index contributed by atoms with van der Waals surface area (Å²) in [6.07, 6.45) is 2.07. The van der Waals surface area contributed by atoms with Crippen molar-refractivity contribution >= 4 is 50.8 Å². The number of carbonyl (C=O) groups is 1. The van der Waals surface area contributed by atoms with Gasteiger partial charge in [-0.3, -0.25) is 4.79 Å². The molecule has 0 saturated carbocycles. The quantitative estimate of drug-likeness (QED) is 0.855. The first-order valence-corrected chi connectivity index (χ1v) is 8.98. The number of carbonyl (C=O) groups excluding carboxylic acids is 1. The van der Waals surface area contributed by atoms with Gasteiger partial charge < -0.3 is 4.57 Å². The van der Waals surface area contributed by atoms with Crippen molar-refractivity contribution in [2.24, 2.45) is 10.9 Å². The van der Waals surface area contributed by atoms with Crippen LogP contribution in [-0.4, -0.2) is 22.5 Å². The molecule has 1 aromatic heterocycles. The van der Waals surface area contributed by atoms with Gasteiger partial charge in [-0.2, -0.15) is 16.8 Å². The van der Waals surface area contributed by atoms with E-state index in [1.54, 1.807) is 11.8 Å². The average Bonchev–Trinajstić information content (AvgIpc) is 2.72. The first kappa shape index (κ1) is 15.6. The molecule has 0 aliphatic carbocycles. The molecule has 0 radical (unpaired) electrons. The van der Waals surface area contributed by atoms with Crippen molar-refractivity contribution in [3.05, 3.63) is 28.0 Å². The predicted molar refractivity (Wildman–Crippen MR) is 88.6 cm³/mol. The number of hydrogen-bond donors (Lipinski definition) is 0. The molecule has 0 spiro atoms. The number of aromatic nitrogens is 1. The van der Waals surface area contributed by atoms with E-state index in [2.05, 4.69) is 15.8 Å². The Bertz CT molecular complexity index is 688. The number of fused-ring (bicyclic) bond motifs is 1. The topological polar surface area (TPSA) is 34.4 Å². The number of halogens is 1. The van der Waals surface area contributed by atoms with Crippen LogP contribution >= 0.6 is 34.7 Å². The third-order valence-corrected chi connectivity index (χ3v) is 4.73. The molecule has 0 aliphatic rings. The van der Waals surface area contributed by atoms with Crippen LogP contribution in [0, 0.1) is 5.92 Å². The molecule has 0 unspecified atom stereocenters. The lowest BCUT2D eigenvalue weighted by Crippen LogP contribution is -2.19. The third-order valence-electron chi connectivity index (χ3n) is 2.86. The standard InChI is InChI=1S/C14H17ClN2OS2/c1-9(2)13(18)16-14-17(6-7-19-3)11-5-4-10(15)8-12(11)20-14/h4-5,8-9H,6-7H2,1-3H3. The van der Waals surface area contributed by atoms with Gasteiger partial charge in [-0.15, -0.1) is 0 Å². The molecule has 0 atom stereocenters. The zero-order chi connectivity index (χ0) is 14.7. The molecule has 0 aliphatic heterocycles. The van der Waals surface area contributed by atoms with Crippen LogP contribution in [0.2, 0.25) is 5.02 Å². The van der Waals surface area contributed by atoms with E-state index in [4.69, 9.17) is 11.6 Å². The van der Waals surface area contributed by atoms with Gasteiger partial charge in [0, 0.05) is 23.2 Å². The monoisotopic (exact) mass is 328 g/mol. The summed E-state index contributed by atoms with van der Waals surface area (Å²) in [5.74, 6) is 0.815. The van der Waals surface area contributed by atoms with Crippen LogP contribution in [0.25, 0.3) is 10.2 Å². The van der Waals surface area contributed by atoms with Crippen LogP contribution in [-0.2, 0) is 11.3 Å². The van der Waals surface area contributed by atoms with Crippen LogP contribution in [0.15, 0.2) is 23.2 Å². The summed E-state index contributed by atoms with van der Waals surface area (Å²) in [7, 11) is 0. The Morgan fingerprint density at radius 3 is 2.90 bits per heavy atom. The number of thiazole rings is 1. The fourth-order valence-electron chi connectivity index (χ4n) is 1.75. The van der Waals surface area contributed by atoms with Crippen LogP contribution in [0.5, 0.6) is 0 Å². The lowest BCUT2D eigenvalue weighted by Gasteiger charge is -2.04. The van der Waals surface area contributed by atoms with Gasteiger partial charge in [-0.1, -0.05) is 36.8 Å². The maximum Gasteiger partial charge on any atom is 0.250 e. The Morgan fingerprint density at radius 2 is 2.25 bits per heavy atom. The molecule has 6 heteroatoms. The zero-order valence-corrected chi connectivity index (χ0v) is 14.1. The SMILES string of the molecule is CSCCn1c(=NC(=O)C(C)C)sc2cc(Cl)ccc21. The molecule has 1 aromatic carbocycles. The van der Waals surface area contributed by atoms with Crippen molar-refractivity contribution in [2.75, 3.05) is 12.0 Å². The molecule has 0 N–H and O–H groups in total. The number of hydrogen-bond acceptors (Lipinski definition) is 3. The van der Waals surface area contributed by atoms with Gasteiger partial charge in [0.25, 0.3) is 5.91 Å². The van der Waals surface area contributed by atoms with Crippen molar-refractivity contribution in [2.45, 2.75) is 20.4 Å². The van der Waals surface area contributed by atoms with E-state index in [-0.39, 0.29) is 11.8 Å². The summed E-state index contributed by atoms with van der Waals surface area (Å²) in [4.78, 5) is 16.9. The fraction of sp³-hybridized carbons (Fsp3) is 0.429. The minimum atomic E-state index is -0.0854. The highest BCUT2D eigenvalue weighted by Gasteiger charge is 2.10. The van der Waals surface area contributed by atoms with Crippen molar-refractivity contribution in [3.63, 3.8) is 0 Å². The molecule has 0 saturated heterocycles. The van der Waals surface area contributed by atoms with E-state index in [9.17, 15) is 4.79 Å². The molecule has 3 nitrogen and oxygen atoms in total. The summed E-state index contributed by atoms with van der Waals surface area (Å²) in [6, 6.07) is 5.80. The summed E-state index contributed by atoms with van der Waals surface area (Å²) in [5.41, 5.74) is 1.09. The Morgan fingerprint density at radius 1 is 1.50 bits per heavy atom. The molecular weight excluding hydrogens is 312 g/mol. The summed E-state index contributed by atoms with van der Waals surface area (Å²) in [5, 5.41) is 0.706. The van der Waals surface area contributed by atoms with Crippen LogP contribution in [0.1, 0.15) is 13.8 Å². The highest BCUT2D eigenvalue weighted by atomic mass is 35.5. The minimum absolute atomic E-state index is 0.0828. The Labute approximate surface area is 131 Å². The number of thioether (sulfide) groups is 1. The lowest BCUT2D eigenvalue weighted by atomic mass is 10.2. The van der Waals surface area contributed by atoms with E-state index in [0.29, 0.717) is 5.02 Å². The van der Waals surface area contributed by atoms with Gasteiger partial charge >= 0.3 is 0 Å². The van der Waals surface area contributed by atoms with E-state index in [1.165, 1.54) is 11.3 Å². The lowest BCUT2D eigenvalue weighted by molar-refractivity contribution is -0.120.